The predicted molar refractivity (Wildman–Crippen MR) is 114 cm³/mol. The zero-order valence-electron chi connectivity index (χ0n) is 16.0. The molecular weight excluding hydrogens is 372 g/mol. The maximum Gasteiger partial charge on any atom is 0.214 e. The lowest BCUT2D eigenvalue weighted by Gasteiger charge is -2.10. The summed E-state index contributed by atoms with van der Waals surface area (Å²) in [4.78, 5) is 13.1. The van der Waals surface area contributed by atoms with E-state index in [-0.39, 0.29) is 11.5 Å². The van der Waals surface area contributed by atoms with Gasteiger partial charge in [0.25, 0.3) is 0 Å². The number of ketones is 1. The molecule has 2 aromatic carbocycles. The highest BCUT2D eigenvalue weighted by atomic mass is 35.5. The van der Waals surface area contributed by atoms with Crippen LogP contribution >= 0.6 is 11.6 Å². The molecule has 0 spiro atoms. The van der Waals surface area contributed by atoms with Crippen molar-refractivity contribution in [1.29, 1.82) is 5.41 Å². The Balaban J connectivity index is 2.10. The second-order valence-electron chi connectivity index (χ2n) is 6.62. The molecule has 0 saturated carbocycles. The minimum absolute atomic E-state index is 0.204. The molecular formula is C22H23ClN4O. The molecule has 2 N–H and O–H groups in total. The van der Waals surface area contributed by atoms with Crippen LogP contribution < -0.4 is 5.32 Å². The van der Waals surface area contributed by atoms with Gasteiger partial charge >= 0.3 is 0 Å². The van der Waals surface area contributed by atoms with E-state index in [0.717, 1.165) is 30.6 Å². The van der Waals surface area contributed by atoms with Crippen LogP contribution in [-0.4, -0.2) is 28.3 Å². The number of halogens is 1. The van der Waals surface area contributed by atoms with Crippen molar-refractivity contribution < 1.29 is 4.79 Å². The second-order valence-corrected chi connectivity index (χ2v) is 7.06. The van der Waals surface area contributed by atoms with Crippen LogP contribution in [-0.2, 0) is 0 Å². The molecule has 0 aliphatic rings. The summed E-state index contributed by atoms with van der Waals surface area (Å²) >= 11 is 6.01. The van der Waals surface area contributed by atoms with Crippen LogP contribution in [0.15, 0.2) is 48.5 Å². The number of carbonyl (C=O) groups is 1. The molecule has 0 saturated heterocycles. The van der Waals surface area contributed by atoms with Crippen LogP contribution in [0.1, 0.15) is 46.9 Å². The molecule has 5 nitrogen and oxygen atoms in total. The monoisotopic (exact) mass is 394 g/mol. The van der Waals surface area contributed by atoms with Gasteiger partial charge in [-0.15, -0.1) is 0 Å². The Morgan fingerprint density at radius 3 is 2.46 bits per heavy atom. The number of benzene rings is 2. The third-order valence-electron chi connectivity index (χ3n) is 4.49. The van der Waals surface area contributed by atoms with E-state index in [0.29, 0.717) is 22.0 Å². The molecule has 0 fully saturated rings. The number of carbonyl (C=O) groups excluding carboxylic acids is 1. The van der Waals surface area contributed by atoms with Crippen molar-refractivity contribution in [3.8, 4) is 5.69 Å². The van der Waals surface area contributed by atoms with Crippen molar-refractivity contribution in [1.82, 2.24) is 9.78 Å². The Bertz CT molecular complexity index is 975. The van der Waals surface area contributed by atoms with Gasteiger partial charge in [-0.25, -0.2) is 4.68 Å². The molecule has 0 aliphatic carbocycles. The molecule has 0 bridgehead atoms. The number of aromatic nitrogens is 2. The fourth-order valence-electron chi connectivity index (χ4n) is 2.90. The van der Waals surface area contributed by atoms with Crippen LogP contribution in [0.25, 0.3) is 5.69 Å². The van der Waals surface area contributed by atoms with Crippen LogP contribution in [0.4, 0.5) is 5.82 Å². The minimum Gasteiger partial charge on any atom is -0.369 e. The Morgan fingerprint density at radius 2 is 1.86 bits per heavy atom. The van der Waals surface area contributed by atoms with Crippen molar-refractivity contribution in [2.45, 2.75) is 26.7 Å². The molecule has 0 aliphatic heterocycles. The van der Waals surface area contributed by atoms with Crippen LogP contribution in [0.5, 0.6) is 0 Å². The van der Waals surface area contributed by atoms with Crippen molar-refractivity contribution in [2.75, 3.05) is 11.9 Å². The summed E-state index contributed by atoms with van der Waals surface area (Å²) in [5.41, 5.74) is 3.14. The van der Waals surface area contributed by atoms with Crippen LogP contribution in [0.2, 0.25) is 5.02 Å². The van der Waals surface area contributed by atoms with Gasteiger partial charge in [0.05, 0.1) is 11.3 Å². The molecule has 0 amide bonds. The standard InChI is InChI=1S/C22H23ClN4O/c1-3-4-13-25-22-19(14-24)20(21(28)16-7-5-15(2)6-8-16)26-27(22)18-11-9-17(23)10-12-18/h5-12,14,24-25H,3-4,13H2,1-2H3. The summed E-state index contributed by atoms with van der Waals surface area (Å²) in [5, 5.41) is 16.5. The maximum atomic E-state index is 13.1. The van der Waals surface area contributed by atoms with E-state index in [1.807, 2.05) is 31.2 Å². The first kappa shape index (κ1) is 19.8. The topological polar surface area (TPSA) is 70.8 Å². The van der Waals surface area contributed by atoms with E-state index in [1.165, 1.54) is 6.21 Å². The number of nitrogens with one attached hydrogen (secondary N) is 2. The third-order valence-corrected chi connectivity index (χ3v) is 4.74. The number of anilines is 1. The van der Waals surface area contributed by atoms with Gasteiger partial charge in [-0.3, -0.25) is 4.79 Å². The molecule has 1 heterocycles. The second kappa shape index (κ2) is 8.85. The summed E-state index contributed by atoms with van der Waals surface area (Å²) < 4.78 is 1.67. The SMILES string of the molecule is CCCCNc1c(C=N)c(C(=O)c2ccc(C)cc2)nn1-c1ccc(Cl)cc1. The number of unbranched alkanes of at least 4 members (excludes halogenated alkanes) is 1. The van der Waals surface area contributed by atoms with E-state index in [9.17, 15) is 4.79 Å². The van der Waals surface area contributed by atoms with Gasteiger partial charge in [0, 0.05) is 23.3 Å². The molecule has 3 aromatic rings. The van der Waals surface area contributed by atoms with Gasteiger partial charge in [0.2, 0.25) is 5.78 Å². The Kier molecular flexibility index (Phi) is 6.26. The van der Waals surface area contributed by atoms with Crippen molar-refractivity contribution >= 4 is 29.4 Å². The quantitative estimate of drug-likeness (QED) is 0.310. The molecule has 28 heavy (non-hydrogen) atoms. The lowest BCUT2D eigenvalue weighted by molar-refractivity contribution is 0.103. The average Bonchev–Trinajstić information content (AvgIpc) is 3.07. The van der Waals surface area contributed by atoms with E-state index >= 15 is 0 Å². The lowest BCUT2D eigenvalue weighted by Crippen LogP contribution is -2.09. The average molecular weight is 395 g/mol. The number of aryl methyl sites for hydroxylation is 1. The highest BCUT2D eigenvalue weighted by Gasteiger charge is 2.23. The molecule has 6 heteroatoms. The van der Waals surface area contributed by atoms with Crippen LogP contribution in [0, 0.1) is 12.3 Å². The molecule has 144 valence electrons. The Labute approximate surface area is 169 Å². The minimum atomic E-state index is -0.204. The first-order valence-electron chi connectivity index (χ1n) is 9.29. The van der Waals surface area contributed by atoms with E-state index in [4.69, 9.17) is 17.0 Å². The zero-order valence-corrected chi connectivity index (χ0v) is 16.8. The Morgan fingerprint density at radius 1 is 1.18 bits per heavy atom. The number of rotatable bonds is 8. The maximum absolute atomic E-state index is 13.1. The van der Waals surface area contributed by atoms with Gasteiger partial charge in [0.1, 0.15) is 11.5 Å². The largest absolute Gasteiger partial charge is 0.369 e. The molecule has 1 aromatic heterocycles. The highest BCUT2D eigenvalue weighted by Crippen LogP contribution is 2.26. The van der Waals surface area contributed by atoms with Crippen LogP contribution in [0.3, 0.4) is 0 Å². The lowest BCUT2D eigenvalue weighted by atomic mass is 10.0. The Hall–Kier alpha value is -2.92. The van der Waals surface area contributed by atoms with Gasteiger partial charge in [-0.2, -0.15) is 5.10 Å². The van der Waals surface area contributed by atoms with Gasteiger partial charge in [-0.05, 0) is 37.6 Å². The fraction of sp³-hybridized carbons (Fsp3) is 0.227. The van der Waals surface area contributed by atoms with E-state index in [1.54, 1.807) is 28.9 Å². The van der Waals surface area contributed by atoms with Gasteiger partial charge < -0.3 is 10.7 Å². The first-order chi connectivity index (χ1) is 13.5. The highest BCUT2D eigenvalue weighted by molar-refractivity contribution is 6.30. The third kappa shape index (κ3) is 4.15. The molecule has 0 radical (unpaired) electrons. The van der Waals surface area contributed by atoms with E-state index in [2.05, 4.69) is 17.3 Å². The first-order valence-corrected chi connectivity index (χ1v) is 9.67. The van der Waals surface area contributed by atoms with Crippen molar-refractivity contribution in [2.24, 2.45) is 0 Å². The zero-order chi connectivity index (χ0) is 20.1. The predicted octanol–water partition coefficient (Wildman–Crippen LogP) is 5.27. The number of hydrogen-bond acceptors (Lipinski definition) is 4. The summed E-state index contributed by atoms with van der Waals surface area (Å²) in [6.07, 6.45) is 3.21. The summed E-state index contributed by atoms with van der Waals surface area (Å²) in [6, 6.07) is 14.6. The summed E-state index contributed by atoms with van der Waals surface area (Å²) in [7, 11) is 0. The van der Waals surface area contributed by atoms with E-state index < -0.39 is 0 Å². The number of nitrogens with zero attached hydrogens (tertiary/aromatic N) is 2. The summed E-state index contributed by atoms with van der Waals surface area (Å²) in [6.45, 7) is 4.82. The number of hydrogen-bond donors (Lipinski definition) is 2. The smallest absolute Gasteiger partial charge is 0.214 e. The fourth-order valence-corrected chi connectivity index (χ4v) is 3.03. The summed E-state index contributed by atoms with van der Waals surface area (Å²) in [5.74, 6) is 0.436. The van der Waals surface area contributed by atoms with Gasteiger partial charge in [-0.1, -0.05) is 54.8 Å². The molecule has 0 unspecified atom stereocenters. The van der Waals surface area contributed by atoms with Crippen molar-refractivity contribution in [3.63, 3.8) is 0 Å². The van der Waals surface area contributed by atoms with Gasteiger partial charge in [0.15, 0.2) is 0 Å². The molecule has 3 rings (SSSR count). The van der Waals surface area contributed by atoms with Crippen molar-refractivity contribution in [3.05, 3.63) is 75.9 Å². The normalized spacial score (nSPS) is 10.7. The molecule has 0 atom stereocenters.